The zero-order chi connectivity index (χ0) is 12.1. The molecule has 1 heterocycles. The van der Waals surface area contributed by atoms with Crippen LogP contribution in [0.5, 0.6) is 0 Å². The first-order valence-electron chi connectivity index (χ1n) is 5.75. The van der Waals surface area contributed by atoms with Crippen molar-refractivity contribution in [1.82, 2.24) is 5.32 Å². The zero-order valence-electron chi connectivity index (χ0n) is 9.82. The van der Waals surface area contributed by atoms with Gasteiger partial charge in [0, 0.05) is 11.1 Å². The predicted molar refractivity (Wildman–Crippen MR) is 70.2 cm³/mol. The van der Waals surface area contributed by atoms with Crippen molar-refractivity contribution in [2.24, 2.45) is 0 Å². The van der Waals surface area contributed by atoms with Crippen LogP contribution in [0.3, 0.4) is 0 Å². The summed E-state index contributed by atoms with van der Waals surface area (Å²) in [5, 5.41) is 4.24. The van der Waals surface area contributed by atoms with E-state index in [4.69, 9.17) is 16.0 Å². The van der Waals surface area contributed by atoms with Crippen molar-refractivity contribution in [2.45, 2.75) is 25.9 Å². The first kappa shape index (κ1) is 12.2. The maximum absolute atomic E-state index is 6.12. The van der Waals surface area contributed by atoms with Crippen LogP contribution in [0.25, 0.3) is 0 Å². The molecule has 1 aromatic heterocycles. The normalized spacial score (nSPS) is 12.6. The van der Waals surface area contributed by atoms with Crippen LogP contribution in [0.15, 0.2) is 47.1 Å². The van der Waals surface area contributed by atoms with Gasteiger partial charge in [0.15, 0.2) is 0 Å². The second kappa shape index (κ2) is 5.89. The van der Waals surface area contributed by atoms with Crippen LogP contribution in [-0.4, -0.2) is 6.04 Å². The van der Waals surface area contributed by atoms with Gasteiger partial charge in [-0.25, -0.2) is 0 Å². The molecule has 0 spiro atoms. The standard InChI is InChI=1S/C14H16ClNO/c1-11(16-10-13-6-4-8-17-13)9-12-5-2-3-7-14(12)15/h2-8,11,16H,9-10H2,1H3. The van der Waals surface area contributed by atoms with Gasteiger partial charge in [-0.2, -0.15) is 0 Å². The Morgan fingerprint density at radius 1 is 1.24 bits per heavy atom. The summed E-state index contributed by atoms with van der Waals surface area (Å²) < 4.78 is 5.27. The molecule has 0 fully saturated rings. The van der Waals surface area contributed by atoms with Crippen LogP contribution in [0.2, 0.25) is 5.02 Å². The Kier molecular flexibility index (Phi) is 4.24. The molecule has 1 unspecified atom stereocenters. The fourth-order valence-corrected chi connectivity index (χ4v) is 1.97. The van der Waals surface area contributed by atoms with E-state index in [2.05, 4.69) is 18.3 Å². The molecule has 2 rings (SSSR count). The third kappa shape index (κ3) is 3.62. The number of rotatable bonds is 5. The van der Waals surface area contributed by atoms with Gasteiger partial charge in [-0.15, -0.1) is 0 Å². The first-order valence-corrected chi connectivity index (χ1v) is 6.12. The van der Waals surface area contributed by atoms with Gasteiger partial charge in [-0.05, 0) is 37.1 Å². The fourth-order valence-electron chi connectivity index (χ4n) is 1.75. The van der Waals surface area contributed by atoms with E-state index < -0.39 is 0 Å². The minimum absolute atomic E-state index is 0.361. The first-order chi connectivity index (χ1) is 8.25. The molecule has 2 nitrogen and oxygen atoms in total. The van der Waals surface area contributed by atoms with Crippen LogP contribution < -0.4 is 5.32 Å². The maximum atomic E-state index is 6.12. The van der Waals surface area contributed by atoms with Crippen molar-refractivity contribution in [2.75, 3.05) is 0 Å². The van der Waals surface area contributed by atoms with Crippen molar-refractivity contribution in [3.05, 3.63) is 59.0 Å². The van der Waals surface area contributed by atoms with Crippen LogP contribution in [0.1, 0.15) is 18.2 Å². The minimum atomic E-state index is 0.361. The van der Waals surface area contributed by atoms with Crippen molar-refractivity contribution < 1.29 is 4.42 Å². The van der Waals surface area contributed by atoms with E-state index in [-0.39, 0.29) is 0 Å². The lowest BCUT2D eigenvalue weighted by molar-refractivity contribution is 0.453. The van der Waals surface area contributed by atoms with Gasteiger partial charge in [0.2, 0.25) is 0 Å². The number of benzene rings is 1. The van der Waals surface area contributed by atoms with Crippen LogP contribution in [0, 0.1) is 0 Å². The highest BCUT2D eigenvalue weighted by atomic mass is 35.5. The Hall–Kier alpha value is -1.25. The molecule has 90 valence electrons. The smallest absolute Gasteiger partial charge is 0.117 e. The summed E-state index contributed by atoms with van der Waals surface area (Å²) in [4.78, 5) is 0. The molecular formula is C14H16ClNO. The molecule has 0 saturated carbocycles. The van der Waals surface area contributed by atoms with Gasteiger partial charge in [0.05, 0.1) is 12.8 Å². The Morgan fingerprint density at radius 2 is 2.06 bits per heavy atom. The summed E-state index contributed by atoms with van der Waals surface area (Å²) in [6, 6.07) is 12.2. The third-order valence-electron chi connectivity index (χ3n) is 2.69. The Bertz CT molecular complexity index is 453. The second-order valence-electron chi connectivity index (χ2n) is 4.16. The molecule has 1 N–H and O–H groups in total. The van der Waals surface area contributed by atoms with Crippen molar-refractivity contribution in [3.63, 3.8) is 0 Å². The Labute approximate surface area is 107 Å². The molecule has 0 aliphatic rings. The highest BCUT2D eigenvalue weighted by Crippen LogP contribution is 2.16. The molecule has 0 bridgehead atoms. The SMILES string of the molecule is CC(Cc1ccccc1Cl)NCc1ccco1. The topological polar surface area (TPSA) is 25.2 Å². The van der Waals surface area contributed by atoms with Gasteiger partial charge >= 0.3 is 0 Å². The summed E-state index contributed by atoms with van der Waals surface area (Å²) >= 11 is 6.12. The largest absolute Gasteiger partial charge is 0.468 e. The number of nitrogens with one attached hydrogen (secondary N) is 1. The molecule has 0 saturated heterocycles. The molecular weight excluding hydrogens is 234 g/mol. The molecule has 1 aromatic carbocycles. The summed E-state index contributed by atoms with van der Waals surface area (Å²) in [5.41, 5.74) is 1.17. The molecule has 1 atom stereocenters. The predicted octanol–water partition coefficient (Wildman–Crippen LogP) is 3.65. The van der Waals surface area contributed by atoms with Gasteiger partial charge in [-0.1, -0.05) is 29.8 Å². The Balaban J connectivity index is 1.85. The van der Waals surface area contributed by atoms with Crippen molar-refractivity contribution in [3.8, 4) is 0 Å². The highest BCUT2D eigenvalue weighted by Gasteiger charge is 2.06. The van der Waals surface area contributed by atoms with Crippen LogP contribution in [0.4, 0.5) is 0 Å². The van der Waals surface area contributed by atoms with Crippen LogP contribution >= 0.6 is 11.6 Å². The van der Waals surface area contributed by atoms with E-state index in [1.165, 1.54) is 5.56 Å². The molecule has 0 radical (unpaired) electrons. The zero-order valence-corrected chi connectivity index (χ0v) is 10.6. The third-order valence-corrected chi connectivity index (χ3v) is 3.06. The maximum Gasteiger partial charge on any atom is 0.117 e. The van der Waals surface area contributed by atoms with E-state index in [1.54, 1.807) is 6.26 Å². The summed E-state index contributed by atoms with van der Waals surface area (Å²) in [5.74, 6) is 0.955. The number of hydrogen-bond acceptors (Lipinski definition) is 2. The monoisotopic (exact) mass is 249 g/mol. The average Bonchev–Trinajstić information content (AvgIpc) is 2.82. The average molecular weight is 250 g/mol. The lowest BCUT2D eigenvalue weighted by Gasteiger charge is -2.13. The molecule has 0 amide bonds. The summed E-state index contributed by atoms with van der Waals surface area (Å²) in [6.07, 6.45) is 2.61. The van der Waals surface area contributed by atoms with Crippen LogP contribution in [-0.2, 0) is 13.0 Å². The summed E-state index contributed by atoms with van der Waals surface area (Å²) in [6.45, 7) is 2.89. The molecule has 3 heteroatoms. The molecule has 0 aliphatic carbocycles. The van der Waals surface area contributed by atoms with Gasteiger partial charge in [0.1, 0.15) is 5.76 Å². The second-order valence-corrected chi connectivity index (χ2v) is 4.56. The molecule has 2 aromatic rings. The van der Waals surface area contributed by atoms with E-state index in [1.807, 2.05) is 30.3 Å². The molecule has 0 aliphatic heterocycles. The lowest BCUT2D eigenvalue weighted by atomic mass is 10.1. The van der Waals surface area contributed by atoms with E-state index in [9.17, 15) is 0 Å². The summed E-state index contributed by atoms with van der Waals surface area (Å²) in [7, 11) is 0. The van der Waals surface area contributed by atoms with Crippen molar-refractivity contribution >= 4 is 11.6 Å². The van der Waals surface area contributed by atoms with Crippen molar-refractivity contribution in [1.29, 1.82) is 0 Å². The number of hydrogen-bond donors (Lipinski definition) is 1. The van der Waals surface area contributed by atoms with Gasteiger partial charge < -0.3 is 9.73 Å². The number of halogens is 1. The molecule has 17 heavy (non-hydrogen) atoms. The quantitative estimate of drug-likeness (QED) is 0.875. The van der Waals surface area contributed by atoms with Gasteiger partial charge in [0.25, 0.3) is 0 Å². The number of furan rings is 1. The van der Waals surface area contributed by atoms with E-state index in [0.717, 1.165) is 23.7 Å². The highest BCUT2D eigenvalue weighted by molar-refractivity contribution is 6.31. The fraction of sp³-hybridized carbons (Fsp3) is 0.286. The van der Waals surface area contributed by atoms with E-state index >= 15 is 0 Å². The minimum Gasteiger partial charge on any atom is -0.468 e. The van der Waals surface area contributed by atoms with Gasteiger partial charge in [-0.3, -0.25) is 0 Å². The van der Waals surface area contributed by atoms with E-state index in [0.29, 0.717) is 6.04 Å². The Morgan fingerprint density at radius 3 is 2.76 bits per heavy atom. The lowest BCUT2D eigenvalue weighted by Crippen LogP contribution is -2.27.